The summed E-state index contributed by atoms with van der Waals surface area (Å²) < 4.78 is 28.0. The number of rotatable bonds is 6. The van der Waals surface area contributed by atoms with Gasteiger partial charge >= 0.3 is 0 Å². The zero-order valence-corrected chi connectivity index (χ0v) is 15.6. The highest BCUT2D eigenvalue weighted by Crippen LogP contribution is 2.28. The highest BCUT2D eigenvalue weighted by atomic mass is 32.2. The fraction of sp³-hybridized carbons (Fsp3) is 0.150. The van der Waals surface area contributed by atoms with Gasteiger partial charge < -0.3 is 0 Å². The van der Waals surface area contributed by atoms with Gasteiger partial charge in [0.05, 0.1) is 4.90 Å². The molecule has 6 nitrogen and oxygen atoms in total. The van der Waals surface area contributed by atoms with E-state index in [0.717, 1.165) is 15.3 Å². The molecule has 1 atom stereocenters. The van der Waals surface area contributed by atoms with Crippen LogP contribution >= 0.6 is 0 Å². The number of amides is 1. The minimum atomic E-state index is -4.02. The van der Waals surface area contributed by atoms with Crippen LogP contribution in [0.4, 0.5) is 0 Å². The third-order valence-electron chi connectivity index (χ3n) is 4.44. The molecule has 0 spiro atoms. The molecule has 0 saturated heterocycles. The van der Waals surface area contributed by atoms with E-state index in [1.54, 1.807) is 47.9 Å². The van der Waals surface area contributed by atoms with E-state index in [9.17, 15) is 13.2 Å². The van der Waals surface area contributed by atoms with Crippen LogP contribution in [-0.4, -0.2) is 29.9 Å². The van der Waals surface area contributed by atoms with Crippen LogP contribution in [0.5, 0.6) is 0 Å². The Kier molecular flexibility index (Phi) is 5.55. The Morgan fingerprint density at radius 1 is 1.00 bits per heavy atom. The summed E-state index contributed by atoms with van der Waals surface area (Å²) in [5.74, 6) is -0.797. The second-order valence-corrected chi connectivity index (χ2v) is 8.02. The summed E-state index contributed by atoms with van der Waals surface area (Å²) in [5.41, 5.74) is 2.28. The highest BCUT2D eigenvalue weighted by Gasteiger charge is 2.34. The smallest absolute Gasteiger partial charge is 0.261 e. The van der Waals surface area contributed by atoms with E-state index in [1.807, 2.05) is 24.3 Å². The predicted octanol–water partition coefficient (Wildman–Crippen LogP) is 2.92. The molecule has 3 aromatic carbocycles. The number of hydroxylamine groups is 1. The van der Waals surface area contributed by atoms with E-state index in [1.165, 1.54) is 13.0 Å². The van der Waals surface area contributed by atoms with Crippen LogP contribution in [0.3, 0.4) is 0 Å². The zero-order chi connectivity index (χ0) is 19.4. The van der Waals surface area contributed by atoms with Crippen molar-refractivity contribution >= 4 is 26.7 Å². The van der Waals surface area contributed by atoms with Gasteiger partial charge in [0, 0.05) is 11.9 Å². The number of sulfonamides is 1. The standard InChI is InChI=1S/C20H20N2O4S/c1-15(20(23)21-24)22(14-16-8-3-2-4-9-16)27(25,26)19-13-7-11-17-10-5-6-12-18(17)19/h2-13,15,24H,14H2,1H3,(H,21,23)/t15-/m0/s1. The van der Waals surface area contributed by atoms with E-state index in [0.29, 0.717) is 5.39 Å². The first-order valence-corrected chi connectivity index (χ1v) is 9.86. The minimum Gasteiger partial charge on any atom is -0.289 e. The second-order valence-electron chi connectivity index (χ2n) is 6.17. The van der Waals surface area contributed by atoms with Crippen LogP contribution in [0, 0.1) is 0 Å². The van der Waals surface area contributed by atoms with E-state index in [-0.39, 0.29) is 11.4 Å². The Labute approximate surface area is 158 Å². The van der Waals surface area contributed by atoms with Gasteiger partial charge in [0.15, 0.2) is 0 Å². The van der Waals surface area contributed by atoms with Crippen LogP contribution in [0.25, 0.3) is 10.8 Å². The van der Waals surface area contributed by atoms with Crippen molar-refractivity contribution in [3.63, 3.8) is 0 Å². The quantitative estimate of drug-likeness (QED) is 0.505. The molecule has 0 aliphatic carbocycles. The topological polar surface area (TPSA) is 86.7 Å². The van der Waals surface area contributed by atoms with E-state index in [2.05, 4.69) is 0 Å². The second kappa shape index (κ2) is 7.87. The summed E-state index contributed by atoms with van der Waals surface area (Å²) in [7, 11) is -4.02. The molecule has 3 rings (SSSR count). The van der Waals surface area contributed by atoms with Gasteiger partial charge in [-0.3, -0.25) is 10.0 Å². The monoisotopic (exact) mass is 384 g/mol. The summed E-state index contributed by atoms with van der Waals surface area (Å²) in [6.45, 7) is 1.44. The molecule has 0 aliphatic rings. The normalized spacial score (nSPS) is 12.9. The molecule has 2 N–H and O–H groups in total. The molecule has 0 bridgehead atoms. The van der Waals surface area contributed by atoms with Gasteiger partial charge in [-0.05, 0) is 23.9 Å². The molecular weight excluding hydrogens is 364 g/mol. The number of fused-ring (bicyclic) bond motifs is 1. The lowest BCUT2D eigenvalue weighted by Gasteiger charge is -2.27. The SMILES string of the molecule is C[C@@H](C(=O)NO)N(Cc1ccccc1)S(=O)(=O)c1cccc2ccccc12. The summed E-state index contributed by atoms with van der Waals surface area (Å²) >= 11 is 0. The fourth-order valence-electron chi connectivity index (χ4n) is 2.96. The van der Waals surface area contributed by atoms with Crippen LogP contribution in [0.1, 0.15) is 12.5 Å². The van der Waals surface area contributed by atoms with Crippen LogP contribution < -0.4 is 5.48 Å². The fourth-order valence-corrected chi connectivity index (χ4v) is 4.76. The first kappa shape index (κ1) is 19.0. The molecule has 0 saturated carbocycles. The number of carbonyl (C=O) groups excluding carboxylic acids is 1. The van der Waals surface area contributed by atoms with E-state index in [4.69, 9.17) is 5.21 Å². The summed E-state index contributed by atoms with van der Waals surface area (Å²) in [5, 5.41) is 10.4. The Morgan fingerprint density at radius 3 is 2.33 bits per heavy atom. The van der Waals surface area contributed by atoms with Crippen molar-refractivity contribution in [3.05, 3.63) is 78.4 Å². The molecule has 140 valence electrons. The zero-order valence-electron chi connectivity index (χ0n) is 14.7. The predicted molar refractivity (Wildman–Crippen MR) is 103 cm³/mol. The number of hydrogen-bond donors (Lipinski definition) is 2. The minimum absolute atomic E-state index is 0.000973. The lowest BCUT2D eigenvalue weighted by Crippen LogP contribution is -2.46. The molecular formula is C20H20N2O4S. The van der Waals surface area contributed by atoms with Gasteiger partial charge in [-0.15, -0.1) is 0 Å². The molecule has 3 aromatic rings. The van der Waals surface area contributed by atoms with Crippen LogP contribution in [0.15, 0.2) is 77.7 Å². The third-order valence-corrected chi connectivity index (χ3v) is 6.41. The number of nitrogens with one attached hydrogen (secondary N) is 1. The van der Waals surface area contributed by atoms with Crippen LogP contribution in [-0.2, 0) is 21.4 Å². The van der Waals surface area contributed by atoms with Crippen LogP contribution in [0.2, 0.25) is 0 Å². The lowest BCUT2D eigenvalue weighted by molar-refractivity contribution is -0.132. The van der Waals surface area contributed by atoms with Crippen molar-refractivity contribution in [2.24, 2.45) is 0 Å². The van der Waals surface area contributed by atoms with Gasteiger partial charge in [-0.25, -0.2) is 13.9 Å². The number of nitrogens with zero attached hydrogens (tertiary/aromatic N) is 1. The van der Waals surface area contributed by atoms with Gasteiger partial charge in [-0.1, -0.05) is 66.7 Å². The van der Waals surface area contributed by atoms with Crippen molar-refractivity contribution in [3.8, 4) is 0 Å². The largest absolute Gasteiger partial charge is 0.289 e. The Hall–Kier alpha value is -2.74. The molecule has 0 radical (unpaired) electrons. The molecule has 0 fully saturated rings. The first-order valence-electron chi connectivity index (χ1n) is 8.42. The number of hydrogen-bond acceptors (Lipinski definition) is 4. The Morgan fingerprint density at radius 2 is 1.63 bits per heavy atom. The molecule has 27 heavy (non-hydrogen) atoms. The number of benzene rings is 3. The number of carbonyl (C=O) groups is 1. The molecule has 0 aliphatic heterocycles. The van der Waals surface area contributed by atoms with Crippen molar-refractivity contribution in [1.82, 2.24) is 9.79 Å². The maximum atomic E-state index is 13.5. The van der Waals surface area contributed by atoms with Gasteiger partial charge in [-0.2, -0.15) is 4.31 Å². The van der Waals surface area contributed by atoms with Crippen molar-refractivity contribution < 1.29 is 18.4 Å². The maximum absolute atomic E-state index is 13.5. The van der Waals surface area contributed by atoms with Gasteiger partial charge in [0.2, 0.25) is 10.0 Å². The van der Waals surface area contributed by atoms with E-state index < -0.39 is 22.0 Å². The van der Waals surface area contributed by atoms with Crippen molar-refractivity contribution in [2.45, 2.75) is 24.4 Å². The molecule has 1 amide bonds. The van der Waals surface area contributed by atoms with E-state index >= 15 is 0 Å². The Bertz CT molecular complexity index is 1050. The highest BCUT2D eigenvalue weighted by molar-refractivity contribution is 7.89. The van der Waals surface area contributed by atoms with Gasteiger partial charge in [0.25, 0.3) is 5.91 Å². The summed E-state index contributed by atoms with van der Waals surface area (Å²) in [6.07, 6.45) is 0. The molecule has 0 unspecified atom stereocenters. The summed E-state index contributed by atoms with van der Waals surface area (Å²) in [4.78, 5) is 12.1. The molecule has 7 heteroatoms. The lowest BCUT2D eigenvalue weighted by atomic mass is 10.1. The third kappa shape index (κ3) is 3.85. The maximum Gasteiger partial charge on any atom is 0.261 e. The Balaban J connectivity index is 2.13. The average Bonchev–Trinajstić information content (AvgIpc) is 2.71. The van der Waals surface area contributed by atoms with Crippen molar-refractivity contribution in [1.29, 1.82) is 0 Å². The summed E-state index contributed by atoms with van der Waals surface area (Å²) in [6, 6.07) is 20.1. The first-order chi connectivity index (χ1) is 12.9. The van der Waals surface area contributed by atoms with Gasteiger partial charge in [0.1, 0.15) is 6.04 Å². The average molecular weight is 384 g/mol. The van der Waals surface area contributed by atoms with Crippen molar-refractivity contribution in [2.75, 3.05) is 0 Å². The molecule has 0 aromatic heterocycles. The molecule has 0 heterocycles.